The fourth-order valence-corrected chi connectivity index (χ4v) is 2.31. The van der Waals surface area contributed by atoms with Crippen LogP contribution in [0.4, 0.5) is 11.4 Å². The standard InChI is InChI=1S/C20H23N3O3/c1-14(17-10-12-18(13-11-17)21-16(3)24)22-26-15(2)20(25)23(4)19-8-6-5-7-9-19/h5-13,15H,1-4H3,(H,21,24)/b22-14+. The molecule has 0 aromatic heterocycles. The highest BCUT2D eigenvalue weighted by molar-refractivity contribution is 5.99. The molecule has 6 nitrogen and oxygen atoms in total. The van der Waals surface area contributed by atoms with Crippen molar-refractivity contribution in [1.82, 2.24) is 0 Å². The number of carbonyl (C=O) groups is 2. The van der Waals surface area contributed by atoms with Gasteiger partial charge < -0.3 is 15.1 Å². The number of oxime groups is 1. The molecule has 0 saturated heterocycles. The molecule has 0 aliphatic rings. The molecule has 0 saturated carbocycles. The van der Waals surface area contributed by atoms with E-state index >= 15 is 0 Å². The Hall–Kier alpha value is -3.15. The van der Waals surface area contributed by atoms with Crippen molar-refractivity contribution in [2.24, 2.45) is 5.16 Å². The Morgan fingerprint density at radius 1 is 1.04 bits per heavy atom. The number of nitrogens with zero attached hydrogens (tertiary/aromatic N) is 2. The summed E-state index contributed by atoms with van der Waals surface area (Å²) in [6.07, 6.45) is -0.714. The lowest BCUT2D eigenvalue weighted by Crippen LogP contribution is -2.35. The van der Waals surface area contributed by atoms with Crippen LogP contribution in [0.2, 0.25) is 0 Å². The van der Waals surface area contributed by atoms with Crippen LogP contribution in [0.3, 0.4) is 0 Å². The molecule has 0 aliphatic heterocycles. The summed E-state index contributed by atoms with van der Waals surface area (Å²) in [5.74, 6) is -0.310. The number of para-hydroxylation sites is 1. The zero-order valence-electron chi connectivity index (χ0n) is 15.4. The molecule has 1 atom stereocenters. The number of likely N-dealkylation sites (N-methyl/N-ethyl adjacent to an activating group) is 1. The van der Waals surface area contributed by atoms with Gasteiger partial charge in [-0.15, -0.1) is 0 Å². The van der Waals surface area contributed by atoms with Gasteiger partial charge in [0.1, 0.15) is 0 Å². The fraction of sp³-hybridized carbons (Fsp3) is 0.250. The van der Waals surface area contributed by atoms with Gasteiger partial charge in [-0.05, 0) is 43.7 Å². The Balaban J connectivity index is 1.99. The van der Waals surface area contributed by atoms with E-state index < -0.39 is 6.10 Å². The largest absolute Gasteiger partial charge is 0.382 e. The van der Waals surface area contributed by atoms with Gasteiger partial charge >= 0.3 is 0 Å². The molecule has 0 radical (unpaired) electrons. The highest BCUT2D eigenvalue weighted by atomic mass is 16.6. The highest BCUT2D eigenvalue weighted by Gasteiger charge is 2.20. The molecule has 0 spiro atoms. The quantitative estimate of drug-likeness (QED) is 0.639. The molecule has 0 bridgehead atoms. The van der Waals surface area contributed by atoms with Crippen LogP contribution in [0.5, 0.6) is 0 Å². The first-order valence-corrected chi connectivity index (χ1v) is 8.29. The molecule has 2 rings (SSSR count). The van der Waals surface area contributed by atoms with E-state index in [4.69, 9.17) is 4.84 Å². The first-order valence-electron chi connectivity index (χ1n) is 8.29. The summed E-state index contributed by atoms with van der Waals surface area (Å²) >= 11 is 0. The van der Waals surface area contributed by atoms with Crippen molar-refractivity contribution < 1.29 is 14.4 Å². The van der Waals surface area contributed by atoms with Gasteiger partial charge in [0.15, 0.2) is 0 Å². The van der Waals surface area contributed by atoms with E-state index in [1.165, 1.54) is 11.8 Å². The summed E-state index contributed by atoms with van der Waals surface area (Å²) in [5.41, 5.74) is 2.99. The predicted octanol–water partition coefficient (Wildman–Crippen LogP) is 3.44. The van der Waals surface area contributed by atoms with E-state index in [9.17, 15) is 9.59 Å². The molecule has 2 amide bonds. The predicted molar refractivity (Wildman–Crippen MR) is 103 cm³/mol. The zero-order chi connectivity index (χ0) is 19.1. The zero-order valence-corrected chi connectivity index (χ0v) is 15.4. The van der Waals surface area contributed by atoms with Crippen molar-refractivity contribution in [2.45, 2.75) is 26.9 Å². The second-order valence-electron chi connectivity index (χ2n) is 5.92. The van der Waals surface area contributed by atoms with E-state index in [1.54, 1.807) is 33.0 Å². The maximum absolute atomic E-state index is 12.4. The Morgan fingerprint density at radius 2 is 1.65 bits per heavy atom. The number of hydrogen-bond donors (Lipinski definition) is 1. The third-order valence-corrected chi connectivity index (χ3v) is 3.79. The molecule has 0 heterocycles. The molecule has 1 N–H and O–H groups in total. The van der Waals surface area contributed by atoms with Crippen molar-refractivity contribution >= 4 is 28.9 Å². The summed E-state index contributed by atoms with van der Waals surface area (Å²) in [6, 6.07) is 16.6. The van der Waals surface area contributed by atoms with E-state index in [-0.39, 0.29) is 11.8 Å². The average molecular weight is 353 g/mol. The van der Waals surface area contributed by atoms with Gasteiger partial charge in [-0.2, -0.15) is 0 Å². The number of anilines is 2. The molecule has 6 heteroatoms. The van der Waals surface area contributed by atoms with Gasteiger partial charge in [-0.1, -0.05) is 35.5 Å². The molecule has 0 fully saturated rings. The van der Waals surface area contributed by atoms with Gasteiger partial charge in [0.2, 0.25) is 12.0 Å². The van der Waals surface area contributed by atoms with Crippen molar-refractivity contribution in [1.29, 1.82) is 0 Å². The van der Waals surface area contributed by atoms with Crippen LogP contribution in [0.15, 0.2) is 59.8 Å². The number of rotatable bonds is 6. The first-order chi connectivity index (χ1) is 12.4. The second-order valence-corrected chi connectivity index (χ2v) is 5.92. The van der Waals surface area contributed by atoms with E-state index in [2.05, 4.69) is 10.5 Å². The Kier molecular flexibility index (Phi) is 6.49. The van der Waals surface area contributed by atoms with Gasteiger partial charge in [-0.25, -0.2) is 0 Å². The van der Waals surface area contributed by atoms with Crippen LogP contribution in [-0.4, -0.2) is 30.7 Å². The van der Waals surface area contributed by atoms with E-state index in [0.29, 0.717) is 11.4 Å². The lowest BCUT2D eigenvalue weighted by Gasteiger charge is -2.20. The maximum Gasteiger partial charge on any atom is 0.270 e. The van der Waals surface area contributed by atoms with Crippen molar-refractivity contribution in [3.8, 4) is 0 Å². The lowest BCUT2D eigenvalue weighted by molar-refractivity contribution is -0.128. The molecule has 136 valence electrons. The summed E-state index contributed by atoms with van der Waals surface area (Å²) in [6.45, 7) is 4.92. The minimum Gasteiger partial charge on any atom is -0.382 e. The molecular weight excluding hydrogens is 330 g/mol. The van der Waals surface area contributed by atoms with Crippen LogP contribution < -0.4 is 10.2 Å². The summed E-state index contributed by atoms with van der Waals surface area (Å²) in [4.78, 5) is 30.4. The Labute approximate surface area is 153 Å². The van der Waals surface area contributed by atoms with E-state index in [0.717, 1.165) is 11.3 Å². The third-order valence-electron chi connectivity index (χ3n) is 3.79. The SMILES string of the molecule is CC(=O)Nc1ccc(/C(C)=N/OC(C)C(=O)N(C)c2ccccc2)cc1. The number of nitrogens with one attached hydrogen (secondary N) is 1. The molecule has 26 heavy (non-hydrogen) atoms. The monoisotopic (exact) mass is 353 g/mol. The van der Waals surface area contributed by atoms with E-state index in [1.807, 2.05) is 42.5 Å². The second kappa shape index (κ2) is 8.80. The van der Waals surface area contributed by atoms with Crippen molar-refractivity contribution in [2.75, 3.05) is 17.3 Å². The van der Waals surface area contributed by atoms with Crippen LogP contribution in [-0.2, 0) is 14.4 Å². The number of amides is 2. The van der Waals surface area contributed by atoms with Gasteiger partial charge in [0.05, 0.1) is 5.71 Å². The number of benzene rings is 2. The Bertz CT molecular complexity index is 786. The smallest absolute Gasteiger partial charge is 0.270 e. The topological polar surface area (TPSA) is 71.0 Å². The lowest BCUT2D eigenvalue weighted by atomic mass is 10.1. The molecular formula is C20H23N3O3. The number of hydrogen-bond acceptors (Lipinski definition) is 4. The highest BCUT2D eigenvalue weighted by Crippen LogP contribution is 2.14. The molecule has 2 aromatic carbocycles. The summed E-state index contributed by atoms with van der Waals surface area (Å²) in [7, 11) is 1.70. The van der Waals surface area contributed by atoms with Crippen LogP contribution in [0.1, 0.15) is 26.3 Å². The summed E-state index contributed by atoms with van der Waals surface area (Å²) in [5, 5.41) is 6.77. The maximum atomic E-state index is 12.4. The minimum atomic E-state index is -0.714. The van der Waals surface area contributed by atoms with Crippen LogP contribution in [0.25, 0.3) is 0 Å². The normalized spacial score (nSPS) is 12.2. The van der Waals surface area contributed by atoms with Gasteiger partial charge in [-0.3, -0.25) is 9.59 Å². The third kappa shape index (κ3) is 5.17. The fourth-order valence-electron chi connectivity index (χ4n) is 2.31. The average Bonchev–Trinajstić information content (AvgIpc) is 2.65. The van der Waals surface area contributed by atoms with Crippen molar-refractivity contribution in [3.05, 3.63) is 60.2 Å². The minimum absolute atomic E-state index is 0.124. The first kappa shape index (κ1) is 19.2. The van der Waals surface area contributed by atoms with Crippen LogP contribution in [0, 0.1) is 0 Å². The van der Waals surface area contributed by atoms with Crippen LogP contribution >= 0.6 is 0 Å². The molecule has 1 unspecified atom stereocenters. The van der Waals surface area contributed by atoms with Gasteiger partial charge in [0, 0.05) is 25.3 Å². The van der Waals surface area contributed by atoms with Crippen molar-refractivity contribution in [3.63, 3.8) is 0 Å². The number of carbonyl (C=O) groups excluding carboxylic acids is 2. The molecule has 2 aromatic rings. The molecule has 0 aliphatic carbocycles. The summed E-state index contributed by atoms with van der Waals surface area (Å²) < 4.78 is 0. The Morgan fingerprint density at radius 3 is 2.23 bits per heavy atom. The van der Waals surface area contributed by atoms with Gasteiger partial charge in [0.25, 0.3) is 5.91 Å².